The lowest BCUT2D eigenvalue weighted by atomic mass is 10.1. The fraction of sp³-hybridized carbons (Fsp3) is 0.467. The van der Waals surface area contributed by atoms with Gasteiger partial charge in [-0.1, -0.05) is 12.8 Å². The van der Waals surface area contributed by atoms with E-state index in [1.165, 1.54) is 16.6 Å². The van der Waals surface area contributed by atoms with Crippen molar-refractivity contribution >= 4 is 33.1 Å². The third-order valence-corrected chi connectivity index (χ3v) is 5.27. The zero-order chi connectivity index (χ0) is 14.1. The van der Waals surface area contributed by atoms with Gasteiger partial charge in [0.05, 0.1) is 11.7 Å². The highest BCUT2D eigenvalue weighted by molar-refractivity contribution is 8.11. The molecule has 1 aliphatic heterocycles. The Hall–Kier alpha value is -1.33. The number of hydrogen-bond donors (Lipinski definition) is 1. The number of H-pyrrole nitrogens is 1. The second-order valence-corrected chi connectivity index (χ2v) is 7.03. The summed E-state index contributed by atoms with van der Waals surface area (Å²) in [6.07, 6.45) is 5.20. The number of anilines is 1. The Morgan fingerprint density at radius 3 is 2.70 bits per heavy atom. The highest BCUT2D eigenvalue weighted by Crippen LogP contribution is 2.29. The number of aryl methyl sites for hydroxylation is 1. The summed E-state index contributed by atoms with van der Waals surface area (Å²) < 4.78 is 2.47. The molecule has 1 unspecified atom stereocenters. The molecule has 0 amide bonds. The third kappa shape index (κ3) is 2.47. The number of hydrogen-bond acceptors (Lipinski definition) is 3. The van der Waals surface area contributed by atoms with Crippen molar-refractivity contribution in [3.05, 3.63) is 23.9 Å². The van der Waals surface area contributed by atoms with Crippen LogP contribution in [0.25, 0.3) is 10.9 Å². The predicted octanol–water partition coefficient (Wildman–Crippen LogP) is 2.49. The Morgan fingerprint density at radius 1 is 1.30 bits per heavy atom. The number of fused-ring (bicyclic) bond motifs is 1. The van der Waals surface area contributed by atoms with E-state index in [4.69, 9.17) is 0 Å². The molecular formula is C15H22N4S. The molecule has 20 heavy (non-hydrogen) atoms. The topological polar surface area (TPSA) is 35.2 Å². The van der Waals surface area contributed by atoms with Gasteiger partial charge >= 0.3 is 0 Å². The highest BCUT2D eigenvalue weighted by atomic mass is 32.2. The van der Waals surface area contributed by atoms with E-state index >= 15 is 0 Å². The number of nitrogens with zero attached hydrogens (tertiary/aromatic N) is 3. The van der Waals surface area contributed by atoms with E-state index in [1.807, 2.05) is 6.20 Å². The summed E-state index contributed by atoms with van der Waals surface area (Å²) in [5.74, 6) is 4.15. The third-order valence-electron chi connectivity index (χ3n) is 4.02. The Labute approximate surface area is 122 Å². The van der Waals surface area contributed by atoms with Crippen LogP contribution in [0.4, 0.5) is 5.69 Å². The molecular weight excluding hydrogens is 268 g/mol. The van der Waals surface area contributed by atoms with Crippen molar-refractivity contribution in [3.63, 3.8) is 0 Å². The zero-order valence-electron chi connectivity index (χ0n) is 12.2. The molecule has 1 saturated heterocycles. The molecule has 108 valence electrons. The summed E-state index contributed by atoms with van der Waals surface area (Å²) in [6, 6.07) is 4.53. The van der Waals surface area contributed by atoms with Crippen LogP contribution in [0.15, 0.2) is 18.3 Å². The predicted molar refractivity (Wildman–Crippen MR) is 89.9 cm³/mol. The normalized spacial score (nSPS) is 18.6. The first-order valence-electron chi connectivity index (χ1n) is 7.10. The van der Waals surface area contributed by atoms with E-state index < -0.39 is 0 Å². The maximum atomic E-state index is 4.20. The van der Waals surface area contributed by atoms with Crippen molar-refractivity contribution in [2.24, 2.45) is 0 Å². The highest BCUT2D eigenvalue weighted by Gasteiger charge is 2.19. The average molecular weight is 290 g/mol. The lowest BCUT2D eigenvalue weighted by Gasteiger charge is -2.36. The average Bonchev–Trinajstić information content (AvgIpc) is 2.94. The van der Waals surface area contributed by atoms with Crippen molar-refractivity contribution < 1.29 is 0 Å². The van der Waals surface area contributed by atoms with Crippen LogP contribution in [0.2, 0.25) is 0 Å². The number of benzene rings is 1. The molecule has 3 rings (SSSR count). The SMILES string of the molecule is C=S(C)N1CCN(c2cc(CC)cc3[nH]ncc23)CC1. The molecule has 2 heterocycles. The molecule has 0 spiro atoms. The first kappa shape index (κ1) is 13.6. The van der Waals surface area contributed by atoms with Gasteiger partial charge in [-0.3, -0.25) is 9.40 Å². The van der Waals surface area contributed by atoms with Gasteiger partial charge in [-0.25, -0.2) is 0 Å². The van der Waals surface area contributed by atoms with Crippen LogP contribution in [-0.2, 0) is 6.42 Å². The summed E-state index contributed by atoms with van der Waals surface area (Å²) in [4.78, 5) is 2.49. The van der Waals surface area contributed by atoms with Gasteiger partial charge in [0.2, 0.25) is 0 Å². The minimum Gasteiger partial charge on any atom is -0.368 e. The maximum absolute atomic E-state index is 4.20. The number of piperazine rings is 1. The van der Waals surface area contributed by atoms with Crippen LogP contribution in [0.1, 0.15) is 12.5 Å². The van der Waals surface area contributed by atoms with Crippen molar-refractivity contribution in [1.82, 2.24) is 14.5 Å². The fourth-order valence-corrected chi connectivity index (χ4v) is 3.58. The number of aromatic nitrogens is 2. The Morgan fingerprint density at radius 2 is 2.05 bits per heavy atom. The summed E-state index contributed by atoms with van der Waals surface area (Å²) in [7, 11) is 0.139. The first-order chi connectivity index (χ1) is 9.69. The van der Waals surface area contributed by atoms with Crippen molar-refractivity contribution in [1.29, 1.82) is 0 Å². The molecule has 1 aliphatic rings. The van der Waals surface area contributed by atoms with Gasteiger partial charge < -0.3 is 4.90 Å². The van der Waals surface area contributed by atoms with E-state index in [0.717, 1.165) is 38.1 Å². The summed E-state index contributed by atoms with van der Waals surface area (Å²) in [6.45, 7) is 6.53. The van der Waals surface area contributed by atoms with Gasteiger partial charge in [-0.2, -0.15) is 5.10 Å². The Bertz CT molecular complexity index is 626. The van der Waals surface area contributed by atoms with Gasteiger partial charge in [0, 0.05) is 37.3 Å². The molecule has 5 heteroatoms. The van der Waals surface area contributed by atoms with E-state index in [1.54, 1.807) is 0 Å². The van der Waals surface area contributed by atoms with Crippen LogP contribution in [0.5, 0.6) is 0 Å². The van der Waals surface area contributed by atoms with Gasteiger partial charge in [0.1, 0.15) is 0 Å². The second kappa shape index (κ2) is 5.58. The Balaban J connectivity index is 1.90. The van der Waals surface area contributed by atoms with Crippen LogP contribution >= 0.6 is 10.7 Å². The van der Waals surface area contributed by atoms with Crippen molar-refractivity contribution in [2.75, 3.05) is 37.3 Å². The zero-order valence-corrected chi connectivity index (χ0v) is 13.0. The monoisotopic (exact) mass is 290 g/mol. The number of rotatable bonds is 3. The smallest absolute Gasteiger partial charge is 0.0673 e. The molecule has 1 fully saturated rings. The van der Waals surface area contributed by atoms with E-state index in [2.05, 4.69) is 50.6 Å². The van der Waals surface area contributed by atoms with Gasteiger partial charge in [-0.15, -0.1) is 10.7 Å². The van der Waals surface area contributed by atoms with Crippen LogP contribution in [0, 0.1) is 0 Å². The van der Waals surface area contributed by atoms with E-state index in [-0.39, 0.29) is 10.7 Å². The minimum absolute atomic E-state index is 0.139. The van der Waals surface area contributed by atoms with Gasteiger partial charge in [0.25, 0.3) is 0 Å². The largest absolute Gasteiger partial charge is 0.368 e. The van der Waals surface area contributed by atoms with Crippen LogP contribution in [0.3, 0.4) is 0 Å². The lowest BCUT2D eigenvalue weighted by molar-refractivity contribution is 0.430. The van der Waals surface area contributed by atoms with Crippen molar-refractivity contribution in [3.8, 4) is 0 Å². The summed E-state index contributed by atoms with van der Waals surface area (Å²) in [5.41, 5.74) is 3.84. The Kier molecular flexibility index (Phi) is 3.81. The maximum Gasteiger partial charge on any atom is 0.0673 e. The molecule has 2 aromatic rings. The molecule has 0 aliphatic carbocycles. The standard InChI is InChI=1S/C15H22N4S/c1-4-12-9-14-13(11-16-17-14)15(10-12)18-5-7-19(8-6-18)20(2)3/h9-11H,2,4-8H2,1,3H3,(H,16,17). The van der Waals surface area contributed by atoms with Crippen LogP contribution in [-0.4, -0.2) is 52.8 Å². The fourth-order valence-electron chi connectivity index (χ4n) is 2.80. The quantitative estimate of drug-likeness (QED) is 0.882. The second-order valence-electron chi connectivity index (χ2n) is 5.32. The van der Waals surface area contributed by atoms with E-state index in [9.17, 15) is 0 Å². The van der Waals surface area contributed by atoms with Crippen LogP contribution < -0.4 is 4.90 Å². The van der Waals surface area contributed by atoms with Crippen molar-refractivity contribution in [2.45, 2.75) is 13.3 Å². The number of nitrogens with one attached hydrogen (secondary N) is 1. The molecule has 0 radical (unpaired) electrons. The molecule has 1 aromatic carbocycles. The summed E-state index contributed by atoms with van der Waals surface area (Å²) in [5, 5.41) is 8.55. The molecule has 4 nitrogen and oxygen atoms in total. The first-order valence-corrected chi connectivity index (χ1v) is 8.86. The lowest BCUT2D eigenvalue weighted by Crippen LogP contribution is -2.44. The van der Waals surface area contributed by atoms with Gasteiger partial charge in [-0.05, 0) is 30.4 Å². The molecule has 0 bridgehead atoms. The molecule has 1 aromatic heterocycles. The molecule has 1 N–H and O–H groups in total. The molecule has 1 atom stereocenters. The minimum atomic E-state index is 0.139. The molecule has 0 saturated carbocycles. The van der Waals surface area contributed by atoms with E-state index in [0.29, 0.717) is 0 Å². The summed E-state index contributed by atoms with van der Waals surface area (Å²) >= 11 is 0. The number of aromatic amines is 1. The van der Waals surface area contributed by atoms with Gasteiger partial charge in [0.15, 0.2) is 0 Å².